The number of sulfonamides is 1. The summed E-state index contributed by atoms with van der Waals surface area (Å²) in [4.78, 5) is 12.0. The van der Waals surface area contributed by atoms with E-state index in [-0.39, 0.29) is 33.2 Å². The van der Waals surface area contributed by atoms with Gasteiger partial charge in [-0.15, -0.1) is 0 Å². The van der Waals surface area contributed by atoms with Crippen LogP contribution in [0.15, 0.2) is 41.3 Å². The summed E-state index contributed by atoms with van der Waals surface area (Å²) >= 11 is 12.0. The fourth-order valence-electron chi connectivity index (χ4n) is 2.23. The number of benzene rings is 2. The molecule has 3 rings (SSSR count). The van der Waals surface area contributed by atoms with Gasteiger partial charge in [0.05, 0.1) is 15.6 Å². The molecule has 1 fully saturated rings. The van der Waals surface area contributed by atoms with Crippen molar-refractivity contribution in [3.63, 3.8) is 0 Å². The Morgan fingerprint density at radius 2 is 1.92 bits per heavy atom. The van der Waals surface area contributed by atoms with Crippen LogP contribution in [0.5, 0.6) is 0 Å². The van der Waals surface area contributed by atoms with Crippen molar-refractivity contribution < 1.29 is 22.3 Å². The number of ether oxygens (including phenoxy) is 1. The molecule has 1 saturated carbocycles. The Morgan fingerprint density at radius 1 is 1.19 bits per heavy atom. The Labute approximate surface area is 160 Å². The first kappa shape index (κ1) is 19.1. The Hall–Kier alpha value is -1.67. The lowest BCUT2D eigenvalue weighted by atomic mass is 10.2. The molecule has 0 radical (unpaired) electrons. The highest BCUT2D eigenvalue weighted by Crippen LogP contribution is 2.31. The molecule has 2 aromatic rings. The summed E-state index contributed by atoms with van der Waals surface area (Å²) in [6.07, 6.45) is 1.51. The first-order chi connectivity index (χ1) is 12.3. The average molecular weight is 418 g/mol. The van der Waals surface area contributed by atoms with Crippen LogP contribution in [0.2, 0.25) is 10.0 Å². The van der Waals surface area contributed by atoms with Gasteiger partial charge in [0.25, 0.3) is 0 Å². The molecule has 1 aliphatic carbocycles. The van der Waals surface area contributed by atoms with Crippen molar-refractivity contribution in [1.82, 2.24) is 4.72 Å². The van der Waals surface area contributed by atoms with Crippen LogP contribution in [0.1, 0.15) is 28.8 Å². The maximum atomic E-state index is 13.2. The molecule has 0 aliphatic heterocycles. The largest absolute Gasteiger partial charge is 0.457 e. The van der Waals surface area contributed by atoms with E-state index in [0.29, 0.717) is 5.56 Å². The summed E-state index contributed by atoms with van der Waals surface area (Å²) in [6.45, 7) is -0.183. The van der Waals surface area contributed by atoms with Gasteiger partial charge in [-0.2, -0.15) is 0 Å². The number of carbonyl (C=O) groups is 1. The third-order valence-corrected chi connectivity index (χ3v) is 5.99. The van der Waals surface area contributed by atoms with Crippen molar-refractivity contribution in [1.29, 1.82) is 0 Å². The molecule has 0 atom stereocenters. The van der Waals surface area contributed by atoms with Crippen LogP contribution in [0.25, 0.3) is 0 Å². The number of carbonyl (C=O) groups excluding carboxylic acids is 1. The van der Waals surface area contributed by atoms with E-state index in [1.807, 2.05) is 0 Å². The molecule has 5 nitrogen and oxygen atoms in total. The number of nitrogens with one attached hydrogen (secondary N) is 1. The second-order valence-electron chi connectivity index (χ2n) is 5.86. The summed E-state index contributed by atoms with van der Waals surface area (Å²) in [5.74, 6) is -1.29. The van der Waals surface area contributed by atoms with Crippen molar-refractivity contribution in [3.05, 3.63) is 63.4 Å². The number of hydrogen-bond acceptors (Lipinski definition) is 4. The number of esters is 1. The molecule has 1 N–H and O–H groups in total. The van der Waals surface area contributed by atoms with Crippen molar-refractivity contribution in [3.8, 4) is 0 Å². The van der Waals surface area contributed by atoms with Gasteiger partial charge in [-0.3, -0.25) is 0 Å². The van der Waals surface area contributed by atoms with Crippen LogP contribution in [0.4, 0.5) is 4.39 Å². The molecule has 0 amide bonds. The number of hydrogen-bond donors (Lipinski definition) is 1. The second kappa shape index (κ2) is 7.52. The first-order valence-electron chi connectivity index (χ1n) is 7.69. The fraction of sp³-hybridized carbons (Fsp3) is 0.235. The smallest absolute Gasteiger partial charge is 0.340 e. The Morgan fingerprint density at radius 3 is 2.58 bits per heavy atom. The van der Waals surface area contributed by atoms with E-state index >= 15 is 0 Å². The van der Waals surface area contributed by atoms with Gasteiger partial charge in [-0.05, 0) is 42.7 Å². The summed E-state index contributed by atoms with van der Waals surface area (Å²) in [7, 11) is -3.87. The van der Waals surface area contributed by atoms with Gasteiger partial charge < -0.3 is 4.74 Å². The third kappa shape index (κ3) is 4.54. The molecule has 0 aromatic heterocycles. The van der Waals surface area contributed by atoms with Crippen LogP contribution in [0.3, 0.4) is 0 Å². The summed E-state index contributed by atoms with van der Waals surface area (Å²) in [6, 6.07) is 7.73. The van der Waals surface area contributed by atoms with Gasteiger partial charge >= 0.3 is 5.97 Å². The quantitative estimate of drug-likeness (QED) is 0.722. The highest BCUT2D eigenvalue weighted by Gasteiger charge is 2.30. The monoisotopic (exact) mass is 417 g/mol. The van der Waals surface area contributed by atoms with Crippen molar-refractivity contribution in [2.24, 2.45) is 0 Å². The van der Waals surface area contributed by atoms with E-state index in [1.165, 1.54) is 24.3 Å². The zero-order valence-corrected chi connectivity index (χ0v) is 15.7. The molecule has 1 aliphatic rings. The fourth-order valence-corrected chi connectivity index (χ4v) is 4.38. The Bertz CT molecular complexity index is 961. The van der Waals surface area contributed by atoms with Crippen molar-refractivity contribution >= 4 is 39.2 Å². The van der Waals surface area contributed by atoms with Gasteiger partial charge in [0.15, 0.2) is 0 Å². The van der Waals surface area contributed by atoms with Crippen LogP contribution >= 0.6 is 23.2 Å². The zero-order valence-electron chi connectivity index (χ0n) is 13.3. The lowest BCUT2D eigenvalue weighted by molar-refractivity contribution is 0.0472. The SMILES string of the molecule is O=C(OCc1cccc(F)c1)c1cc(S(=O)(=O)NC2CC2)c(Cl)cc1Cl. The molecule has 2 aromatic carbocycles. The van der Waals surface area contributed by atoms with E-state index in [1.54, 1.807) is 6.07 Å². The van der Waals surface area contributed by atoms with Gasteiger partial charge in [-0.25, -0.2) is 22.3 Å². The summed E-state index contributed by atoms with van der Waals surface area (Å²) in [5.41, 5.74) is 0.315. The van der Waals surface area contributed by atoms with E-state index in [9.17, 15) is 17.6 Å². The first-order valence-corrected chi connectivity index (χ1v) is 9.93. The average Bonchev–Trinajstić information content (AvgIpc) is 3.35. The molecular formula is C17H14Cl2FNO4S. The summed E-state index contributed by atoms with van der Waals surface area (Å²) in [5, 5.41) is -0.130. The van der Waals surface area contributed by atoms with E-state index in [2.05, 4.69) is 4.72 Å². The van der Waals surface area contributed by atoms with E-state index in [0.717, 1.165) is 18.9 Å². The molecule has 0 heterocycles. The molecule has 138 valence electrons. The lowest BCUT2D eigenvalue weighted by Gasteiger charge is -2.11. The third-order valence-electron chi connectivity index (χ3n) is 3.69. The van der Waals surface area contributed by atoms with Crippen molar-refractivity contribution in [2.45, 2.75) is 30.4 Å². The van der Waals surface area contributed by atoms with Crippen LogP contribution in [-0.4, -0.2) is 20.4 Å². The minimum atomic E-state index is -3.87. The van der Waals surface area contributed by atoms with Gasteiger partial charge in [-0.1, -0.05) is 35.3 Å². The lowest BCUT2D eigenvalue weighted by Crippen LogP contribution is -2.26. The maximum Gasteiger partial charge on any atom is 0.340 e. The van der Waals surface area contributed by atoms with Gasteiger partial charge in [0.2, 0.25) is 10.0 Å². The van der Waals surface area contributed by atoms with Crippen LogP contribution in [0, 0.1) is 5.82 Å². The molecular weight excluding hydrogens is 404 g/mol. The topological polar surface area (TPSA) is 72.5 Å². The predicted molar refractivity (Wildman–Crippen MR) is 95.3 cm³/mol. The normalized spacial score (nSPS) is 14.3. The predicted octanol–water partition coefficient (Wildman–Crippen LogP) is 3.93. The van der Waals surface area contributed by atoms with E-state index < -0.39 is 21.8 Å². The van der Waals surface area contributed by atoms with Gasteiger partial charge in [0, 0.05) is 6.04 Å². The molecule has 0 spiro atoms. The maximum absolute atomic E-state index is 13.2. The number of halogens is 3. The van der Waals surface area contributed by atoms with Crippen LogP contribution < -0.4 is 4.72 Å². The van der Waals surface area contributed by atoms with E-state index in [4.69, 9.17) is 27.9 Å². The standard InChI is InChI=1S/C17H14Cl2FNO4S/c18-14-8-15(19)16(26(23,24)21-12-4-5-12)7-13(14)17(22)25-9-10-2-1-3-11(20)6-10/h1-3,6-8,12,21H,4-5,9H2. The second-order valence-corrected chi connectivity index (χ2v) is 8.36. The van der Waals surface area contributed by atoms with Crippen molar-refractivity contribution in [2.75, 3.05) is 0 Å². The Balaban J connectivity index is 1.82. The highest BCUT2D eigenvalue weighted by atomic mass is 35.5. The molecule has 0 bridgehead atoms. The summed E-state index contributed by atoms with van der Waals surface area (Å²) < 4.78 is 45.5. The Kier molecular flexibility index (Phi) is 5.53. The molecule has 26 heavy (non-hydrogen) atoms. The number of rotatable bonds is 6. The molecule has 0 unspecified atom stereocenters. The minimum absolute atomic E-state index is 0.0374. The molecule has 9 heteroatoms. The molecule has 0 saturated heterocycles. The highest BCUT2D eigenvalue weighted by molar-refractivity contribution is 7.89. The zero-order chi connectivity index (χ0) is 18.9. The van der Waals surface area contributed by atoms with Gasteiger partial charge in [0.1, 0.15) is 17.3 Å². The van der Waals surface area contributed by atoms with Crippen LogP contribution in [-0.2, 0) is 21.4 Å². The minimum Gasteiger partial charge on any atom is -0.457 e.